The molecule has 0 spiro atoms. The molecule has 0 aromatic heterocycles. The third-order valence-corrected chi connectivity index (χ3v) is 4.45. The molecule has 2 aromatic carbocycles. The predicted molar refractivity (Wildman–Crippen MR) is 93.2 cm³/mol. The second-order valence-corrected chi connectivity index (χ2v) is 6.12. The van der Waals surface area contributed by atoms with Crippen LogP contribution in [0.5, 0.6) is 11.5 Å². The second kappa shape index (κ2) is 6.22. The quantitative estimate of drug-likeness (QED) is 0.799. The first-order valence-corrected chi connectivity index (χ1v) is 8.31. The summed E-state index contributed by atoms with van der Waals surface area (Å²) in [6.45, 7) is 3.89. The minimum Gasteiger partial charge on any atom is -0.453 e. The molecule has 23 heavy (non-hydrogen) atoms. The molecule has 2 aliphatic heterocycles. The van der Waals surface area contributed by atoms with Crippen molar-refractivity contribution in [3.05, 3.63) is 53.1 Å². The third-order valence-electron chi connectivity index (χ3n) is 4.15. The topological polar surface area (TPSA) is 36.9 Å². The molecule has 0 bridgehead atoms. The standard InChI is InChI=1S/C18H18ClN3O/c19-14-6-3-5-13-17(14)23-16-8-2-1-7-15(16)21-18(13)22-11-4-9-20-10-12-22/h1-3,5-8,20H,4,9-12H2. The molecule has 1 saturated heterocycles. The third kappa shape index (κ3) is 2.80. The van der Waals surface area contributed by atoms with Gasteiger partial charge in [0.15, 0.2) is 11.5 Å². The fourth-order valence-electron chi connectivity index (χ4n) is 3.01. The molecule has 1 fully saturated rings. The summed E-state index contributed by atoms with van der Waals surface area (Å²) in [6.07, 6.45) is 1.09. The number of ether oxygens (including phenoxy) is 1. The van der Waals surface area contributed by atoms with Crippen LogP contribution in [0.15, 0.2) is 47.5 Å². The lowest BCUT2D eigenvalue weighted by molar-refractivity contribution is 0.445. The number of hydrogen-bond acceptors (Lipinski definition) is 4. The second-order valence-electron chi connectivity index (χ2n) is 5.71. The van der Waals surface area contributed by atoms with Crippen molar-refractivity contribution in [3.63, 3.8) is 0 Å². The van der Waals surface area contributed by atoms with Gasteiger partial charge >= 0.3 is 0 Å². The van der Waals surface area contributed by atoms with E-state index in [1.165, 1.54) is 0 Å². The van der Waals surface area contributed by atoms with E-state index in [2.05, 4.69) is 10.2 Å². The number of fused-ring (bicyclic) bond motifs is 2. The van der Waals surface area contributed by atoms with Crippen LogP contribution in [0, 0.1) is 0 Å². The summed E-state index contributed by atoms with van der Waals surface area (Å²) in [7, 11) is 0. The van der Waals surface area contributed by atoms with Crippen molar-refractivity contribution in [2.24, 2.45) is 4.99 Å². The molecule has 4 rings (SSSR count). The van der Waals surface area contributed by atoms with E-state index in [1.54, 1.807) is 0 Å². The van der Waals surface area contributed by atoms with Crippen LogP contribution < -0.4 is 10.1 Å². The molecule has 4 nitrogen and oxygen atoms in total. The highest BCUT2D eigenvalue weighted by Crippen LogP contribution is 2.41. The predicted octanol–water partition coefficient (Wildman–Crippen LogP) is 3.82. The highest BCUT2D eigenvalue weighted by atomic mass is 35.5. The summed E-state index contributed by atoms with van der Waals surface area (Å²) in [5, 5.41) is 4.04. The SMILES string of the molecule is Clc1cccc2c1Oc1ccccc1N=C2N1CCCNCC1. The zero-order valence-corrected chi connectivity index (χ0v) is 13.5. The first kappa shape index (κ1) is 14.5. The molecule has 0 unspecified atom stereocenters. The summed E-state index contributed by atoms with van der Waals surface area (Å²) in [5.74, 6) is 2.37. The number of nitrogens with zero attached hydrogens (tertiary/aromatic N) is 2. The molecular formula is C18H18ClN3O. The first-order chi connectivity index (χ1) is 11.3. The minimum atomic E-state index is 0.611. The number of benzene rings is 2. The lowest BCUT2D eigenvalue weighted by Crippen LogP contribution is -2.34. The van der Waals surface area contributed by atoms with E-state index >= 15 is 0 Å². The van der Waals surface area contributed by atoms with E-state index in [9.17, 15) is 0 Å². The van der Waals surface area contributed by atoms with Gasteiger partial charge in [-0.1, -0.05) is 29.8 Å². The normalized spacial score (nSPS) is 17.3. The van der Waals surface area contributed by atoms with E-state index in [0.717, 1.165) is 55.4 Å². The highest BCUT2D eigenvalue weighted by Gasteiger charge is 2.24. The van der Waals surface area contributed by atoms with Gasteiger partial charge in [0.25, 0.3) is 0 Å². The smallest absolute Gasteiger partial charge is 0.157 e. The Morgan fingerprint density at radius 1 is 1.04 bits per heavy atom. The summed E-state index contributed by atoms with van der Waals surface area (Å²) in [5.41, 5.74) is 1.79. The summed E-state index contributed by atoms with van der Waals surface area (Å²) >= 11 is 6.41. The Kier molecular flexibility index (Phi) is 3.93. The van der Waals surface area contributed by atoms with Crippen molar-refractivity contribution in [2.75, 3.05) is 26.2 Å². The van der Waals surface area contributed by atoms with Crippen molar-refractivity contribution in [1.29, 1.82) is 0 Å². The lowest BCUT2D eigenvalue weighted by atomic mass is 10.1. The van der Waals surface area contributed by atoms with Crippen LogP contribution in [0.25, 0.3) is 0 Å². The Labute approximate surface area is 140 Å². The fraction of sp³-hybridized carbons (Fsp3) is 0.278. The summed E-state index contributed by atoms with van der Waals surface area (Å²) in [6, 6.07) is 13.7. The lowest BCUT2D eigenvalue weighted by Gasteiger charge is -2.24. The van der Waals surface area contributed by atoms with Crippen molar-refractivity contribution in [1.82, 2.24) is 10.2 Å². The molecule has 0 saturated carbocycles. The van der Waals surface area contributed by atoms with Gasteiger partial charge in [-0.15, -0.1) is 0 Å². The van der Waals surface area contributed by atoms with Crippen LogP contribution in [0.4, 0.5) is 5.69 Å². The van der Waals surface area contributed by atoms with Crippen molar-refractivity contribution >= 4 is 23.1 Å². The molecule has 5 heteroatoms. The van der Waals surface area contributed by atoms with Crippen molar-refractivity contribution in [3.8, 4) is 11.5 Å². The largest absolute Gasteiger partial charge is 0.453 e. The Morgan fingerprint density at radius 3 is 2.91 bits per heavy atom. The van der Waals surface area contributed by atoms with Gasteiger partial charge in [-0.2, -0.15) is 0 Å². The maximum absolute atomic E-state index is 6.41. The van der Waals surface area contributed by atoms with E-state index < -0.39 is 0 Å². The number of amidine groups is 1. The number of aliphatic imine (C=N–C) groups is 1. The number of nitrogens with one attached hydrogen (secondary N) is 1. The zero-order chi connectivity index (χ0) is 15.6. The summed E-state index contributed by atoms with van der Waals surface area (Å²) < 4.78 is 6.10. The van der Waals surface area contributed by atoms with Crippen molar-refractivity contribution < 1.29 is 4.74 Å². The number of halogens is 1. The molecule has 2 heterocycles. The molecule has 0 radical (unpaired) electrons. The van der Waals surface area contributed by atoms with Gasteiger partial charge < -0.3 is 15.0 Å². The van der Waals surface area contributed by atoms with Crippen LogP contribution in [0.3, 0.4) is 0 Å². The molecule has 118 valence electrons. The number of hydrogen-bond donors (Lipinski definition) is 1. The fourth-order valence-corrected chi connectivity index (χ4v) is 3.22. The number of rotatable bonds is 0. The van der Waals surface area contributed by atoms with Crippen LogP contribution in [-0.2, 0) is 0 Å². The van der Waals surface area contributed by atoms with E-state index in [1.807, 2.05) is 42.5 Å². The molecule has 0 atom stereocenters. The molecule has 0 aliphatic carbocycles. The van der Waals surface area contributed by atoms with Gasteiger partial charge in [0, 0.05) is 19.6 Å². The summed E-state index contributed by atoms with van der Waals surface area (Å²) in [4.78, 5) is 7.24. The molecule has 1 N–H and O–H groups in total. The van der Waals surface area contributed by atoms with Gasteiger partial charge in [-0.05, 0) is 37.2 Å². The maximum Gasteiger partial charge on any atom is 0.157 e. The average Bonchev–Trinajstić information content (AvgIpc) is 2.92. The number of para-hydroxylation sites is 3. The van der Waals surface area contributed by atoms with Gasteiger partial charge in [-0.25, -0.2) is 4.99 Å². The Morgan fingerprint density at radius 2 is 1.96 bits per heavy atom. The zero-order valence-electron chi connectivity index (χ0n) is 12.8. The Balaban J connectivity index is 1.88. The van der Waals surface area contributed by atoms with Gasteiger partial charge in [-0.3, -0.25) is 0 Å². The first-order valence-electron chi connectivity index (χ1n) is 7.93. The molecule has 2 aromatic rings. The van der Waals surface area contributed by atoms with Gasteiger partial charge in [0.1, 0.15) is 11.5 Å². The van der Waals surface area contributed by atoms with E-state index in [0.29, 0.717) is 10.8 Å². The molecule has 2 aliphatic rings. The van der Waals surface area contributed by atoms with Crippen LogP contribution in [0.2, 0.25) is 5.02 Å². The van der Waals surface area contributed by atoms with Crippen LogP contribution >= 0.6 is 11.6 Å². The average molecular weight is 328 g/mol. The molecule has 0 amide bonds. The van der Waals surface area contributed by atoms with Crippen LogP contribution in [-0.4, -0.2) is 36.9 Å². The van der Waals surface area contributed by atoms with E-state index in [-0.39, 0.29) is 0 Å². The van der Waals surface area contributed by atoms with Crippen LogP contribution in [0.1, 0.15) is 12.0 Å². The monoisotopic (exact) mass is 327 g/mol. The maximum atomic E-state index is 6.41. The van der Waals surface area contributed by atoms with Gasteiger partial charge in [0.05, 0.1) is 10.6 Å². The Bertz CT molecular complexity index is 752. The Hall–Kier alpha value is -2.04. The highest BCUT2D eigenvalue weighted by molar-refractivity contribution is 6.32. The van der Waals surface area contributed by atoms with E-state index in [4.69, 9.17) is 21.3 Å². The minimum absolute atomic E-state index is 0.611. The van der Waals surface area contributed by atoms with Crippen molar-refractivity contribution in [2.45, 2.75) is 6.42 Å². The molecular weight excluding hydrogens is 310 g/mol. The van der Waals surface area contributed by atoms with Gasteiger partial charge in [0.2, 0.25) is 0 Å².